The molecular weight excluding hydrogens is 888 g/mol. The van der Waals surface area contributed by atoms with E-state index in [9.17, 15) is 19.4 Å². The fourth-order valence-electron chi connectivity index (χ4n) is 8.40. The second kappa shape index (κ2) is 51.8. The highest BCUT2D eigenvalue weighted by atomic mass is 31.2. The largest absolute Gasteiger partial charge is 0.756 e. The van der Waals surface area contributed by atoms with Crippen LogP contribution in [0.5, 0.6) is 0 Å². The molecular formula is C61H113N2O6P. The van der Waals surface area contributed by atoms with Gasteiger partial charge in [-0.1, -0.05) is 260 Å². The molecule has 0 aromatic heterocycles. The van der Waals surface area contributed by atoms with Crippen LogP contribution in [-0.4, -0.2) is 68.5 Å². The number of phosphoric acid groups is 1. The summed E-state index contributed by atoms with van der Waals surface area (Å²) in [6.07, 6.45) is 70.8. The Kier molecular flexibility index (Phi) is 50.3. The summed E-state index contributed by atoms with van der Waals surface area (Å²) in [6, 6.07) is -0.820. The van der Waals surface area contributed by atoms with Crippen LogP contribution >= 0.6 is 7.82 Å². The van der Waals surface area contributed by atoms with Crippen LogP contribution in [0.4, 0.5) is 0 Å². The number of aliphatic hydroxyl groups excluding tert-OH is 1. The van der Waals surface area contributed by atoms with Crippen molar-refractivity contribution < 1.29 is 32.9 Å². The van der Waals surface area contributed by atoms with Crippen molar-refractivity contribution >= 4 is 13.7 Å². The lowest BCUT2D eigenvalue weighted by Crippen LogP contribution is -2.46. The molecule has 3 atom stereocenters. The van der Waals surface area contributed by atoms with E-state index in [1.165, 1.54) is 141 Å². The summed E-state index contributed by atoms with van der Waals surface area (Å²) in [4.78, 5) is 25.5. The van der Waals surface area contributed by atoms with Gasteiger partial charge in [-0.2, -0.15) is 0 Å². The summed E-state index contributed by atoms with van der Waals surface area (Å²) in [5.41, 5.74) is 0. The summed E-state index contributed by atoms with van der Waals surface area (Å²) >= 11 is 0. The van der Waals surface area contributed by atoms with Gasteiger partial charge in [0.1, 0.15) is 13.2 Å². The van der Waals surface area contributed by atoms with Crippen molar-refractivity contribution in [3.8, 4) is 0 Å². The number of allylic oxidation sites excluding steroid dienone is 12. The zero-order valence-corrected chi connectivity index (χ0v) is 47.4. The van der Waals surface area contributed by atoms with Gasteiger partial charge in [0.25, 0.3) is 7.82 Å². The fourth-order valence-corrected chi connectivity index (χ4v) is 9.12. The molecule has 0 heterocycles. The van der Waals surface area contributed by atoms with E-state index >= 15 is 0 Å². The van der Waals surface area contributed by atoms with E-state index in [1.807, 2.05) is 21.1 Å². The molecule has 0 aromatic rings. The molecule has 0 radical (unpaired) electrons. The number of nitrogens with one attached hydrogen (secondary N) is 1. The molecule has 0 aliphatic carbocycles. The number of aliphatic hydroxyl groups is 1. The first-order valence-corrected chi connectivity index (χ1v) is 30.7. The number of nitrogens with zero attached hydrogens (tertiary/aromatic N) is 1. The number of carbonyl (C=O) groups is 1. The van der Waals surface area contributed by atoms with E-state index in [0.717, 1.165) is 89.9 Å². The average molecular weight is 1000 g/mol. The third-order valence-electron chi connectivity index (χ3n) is 13.0. The van der Waals surface area contributed by atoms with Crippen molar-refractivity contribution in [2.45, 2.75) is 270 Å². The molecule has 408 valence electrons. The minimum atomic E-state index is -4.59. The molecule has 0 aliphatic rings. The normalized spacial score (nSPS) is 14.4. The van der Waals surface area contributed by atoms with Crippen molar-refractivity contribution in [1.29, 1.82) is 0 Å². The Hall–Kier alpha value is -2.06. The first kappa shape index (κ1) is 67.9. The van der Waals surface area contributed by atoms with Crippen molar-refractivity contribution in [2.75, 3.05) is 40.9 Å². The maximum atomic E-state index is 13.0. The molecule has 0 rings (SSSR count). The number of amides is 1. The Morgan fingerprint density at radius 3 is 1.27 bits per heavy atom. The summed E-state index contributed by atoms with van der Waals surface area (Å²) in [6.45, 7) is 4.61. The van der Waals surface area contributed by atoms with Crippen LogP contribution in [0.2, 0.25) is 0 Å². The quantitative estimate of drug-likeness (QED) is 0.0272. The number of hydrogen-bond donors (Lipinski definition) is 2. The summed E-state index contributed by atoms with van der Waals surface area (Å²) in [5.74, 6) is -0.189. The Balaban J connectivity index is 4.23. The minimum absolute atomic E-state index is 0.00349. The van der Waals surface area contributed by atoms with Crippen LogP contribution < -0.4 is 10.2 Å². The number of carbonyl (C=O) groups excluding carboxylic acids is 1. The molecule has 0 aliphatic heterocycles. The van der Waals surface area contributed by atoms with Crippen LogP contribution in [0.3, 0.4) is 0 Å². The van der Waals surface area contributed by atoms with Crippen LogP contribution in [0.1, 0.15) is 258 Å². The number of likely N-dealkylation sites (N-methyl/N-ethyl adjacent to an activating group) is 1. The predicted molar refractivity (Wildman–Crippen MR) is 302 cm³/mol. The minimum Gasteiger partial charge on any atom is -0.756 e. The van der Waals surface area contributed by atoms with Crippen LogP contribution in [0, 0.1) is 0 Å². The van der Waals surface area contributed by atoms with Gasteiger partial charge in [0.2, 0.25) is 5.91 Å². The van der Waals surface area contributed by atoms with Crippen LogP contribution in [-0.2, 0) is 18.4 Å². The van der Waals surface area contributed by atoms with Gasteiger partial charge in [-0.05, 0) is 64.2 Å². The Morgan fingerprint density at radius 1 is 0.514 bits per heavy atom. The van der Waals surface area contributed by atoms with Gasteiger partial charge >= 0.3 is 0 Å². The van der Waals surface area contributed by atoms with Gasteiger partial charge in [0.15, 0.2) is 0 Å². The zero-order valence-electron chi connectivity index (χ0n) is 46.5. The second-order valence-corrected chi connectivity index (χ2v) is 22.4. The number of quaternary nitrogens is 1. The van der Waals surface area contributed by atoms with Crippen LogP contribution in [0.25, 0.3) is 0 Å². The fraction of sp³-hybridized carbons (Fsp3) is 0.787. The van der Waals surface area contributed by atoms with E-state index in [2.05, 4.69) is 92.1 Å². The van der Waals surface area contributed by atoms with Gasteiger partial charge in [-0.15, -0.1) is 0 Å². The molecule has 2 N–H and O–H groups in total. The van der Waals surface area contributed by atoms with E-state index in [-0.39, 0.29) is 19.1 Å². The molecule has 0 saturated heterocycles. The monoisotopic (exact) mass is 1000 g/mol. The highest BCUT2D eigenvalue weighted by Gasteiger charge is 2.24. The van der Waals surface area contributed by atoms with E-state index < -0.39 is 20.0 Å². The first-order valence-electron chi connectivity index (χ1n) is 29.3. The molecule has 9 heteroatoms. The highest BCUT2D eigenvalue weighted by Crippen LogP contribution is 2.38. The van der Waals surface area contributed by atoms with E-state index in [0.29, 0.717) is 23.9 Å². The molecule has 0 saturated carbocycles. The number of unbranched alkanes of at least 4 members (excludes halogenated alkanes) is 28. The number of hydrogen-bond acceptors (Lipinski definition) is 6. The molecule has 0 spiro atoms. The maximum Gasteiger partial charge on any atom is 0.268 e. The standard InChI is InChI=1S/C61H113N2O6P/c1-6-8-10-12-14-16-18-20-22-24-26-28-30-31-33-34-36-38-40-42-44-46-48-50-52-54-60(64)59(58-69-70(66,67)68-57-56-63(3,4)5)62-61(65)55-53-51-49-47-45-43-41-39-37-35-32-29-27-25-23-21-19-17-15-13-11-9-7-2/h9,11,15,17,21,23,27,29,35,37,41,43,59-60,64H,6-8,10,12-14,16,18-20,22,24-26,28,30-34,36,38-40,42,44-58H2,1-5H3,(H-,62,65,66,67)/b11-9-,17-15-,23-21-,29-27-,37-35-,43-41-. The average Bonchev–Trinajstić information content (AvgIpc) is 3.32. The van der Waals surface area contributed by atoms with Gasteiger partial charge < -0.3 is 28.8 Å². The first-order chi connectivity index (χ1) is 34.0. The predicted octanol–water partition coefficient (Wildman–Crippen LogP) is 17.2. The molecule has 8 nitrogen and oxygen atoms in total. The lowest BCUT2D eigenvalue weighted by atomic mass is 10.0. The maximum absolute atomic E-state index is 13.0. The third kappa shape index (κ3) is 53.7. The SMILES string of the molecule is CC/C=C\C/C=C\C/C=C\C/C=C\C/C=C\C/C=C\CCCCCCC(=O)NC(COP(=O)([O-])OCC[N+](C)(C)C)C(O)CCCCCCCCCCCCCCCCCCCCCCCCCCC. The topological polar surface area (TPSA) is 108 Å². The summed E-state index contributed by atoms with van der Waals surface area (Å²) < 4.78 is 23.4. The molecule has 3 unspecified atom stereocenters. The van der Waals surface area contributed by atoms with E-state index in [4.69, 9.17) is 9.05 Å². The lowest BCUT2D eigenvalue weighted by Gasteiger charge is -2.30. The van der Waals surface area contributed by atoms with Gasteiger partial charge in [-0.3, -0.25) is 9.36 Å². The van der Waals surface area contributed by atoms with Crippen molar-refractivity contribution in [1.82, 2.24) is 5.32 Å². The molecule has 1 amide bonds. The molecule has 0 aromatic carbocycles. The summed E-state index contributed by atoms with van der Waals surface area (Å²) in [5, 5.41) is 14.0. The summed E-state index contributed by atoms with van der Waals surface area (Å²) in [7, 11) is 1.28. The molecule has 70 heavy (non-hydrogen) atoms. The van der Waals surface area contributed by atoms with Gasteiger partial charge in [0.05, 0.1) is 39.9 Å². The Morgan fingerprint density at radius 2 is 0.871 bits per heavy atom. The lowest BCUT2D eigenvalue weighted by molar-refractivity contribution is -0.870. The number of phosphoric ester groups is 1. The van der Waals surface area contributed by atoms with Crippen LogP contribution in [0.15, 0.2) is 72.9 Å². The second-order valence-electron chi connectivity index (χ2n) is 21.0. The van der Waals surface area contributed by atoms with Gasteiger partial charge in [-0.25, -0.2) is 0 Å². The van der Waals surface area contributed by atoms with Crippen molar-refractivity contribution in [3.05, 3.63) is 72.9 Å². The Labute approximate surface area is 434 Å². The zero-order chi connectivity index (χ0) is 51.3. The highest BCUT2D eigenvalue weighted by molar-refractivity contribution is 7.45. The molecule has 0 fully saturated rings. The van der Waals surface area contributed by atoms with Crippen molar-refractivity contribution in [3.63, 3.8) is 0 Å². The van der Waals surface area contributed by atoms with Gasteiger partial charge in [0, 0.05) is 6.42 Å². The van der Waals surface area contributed by atoms with Crippen molar-refractivity contribution in [2.24, 2.45) is 0 Å². The smallest absolute Gasteiger partial charge is 0.268 e. The molecule has 0 bridgehead atoms. The third-order valence-corrected chi connectivity index (χ3v) is 13.9. The Bertz CT molecular complexity index is 1370. The van der Waals surface area contributed by atoms with E-state index in [1.54, 1.807) is 0 Å². The number of rotatable bonds is 53.